The smallest absolute Gasteiger partial charge is 0.241 e. The van der Waals surface area contributed by atoms with E-state index in [9.17, 15) is 8.42 Å². The summed E-state index contributed by atoms with van der Waals surface area (Å²) >= 11 is 0. The molecule has 0 saturated carbocycles. The second kappa shape index (κ2) is 7.58. The molecule has 136 valence electrons. The third-order valence-electron chi connectivity index (χ3n) is 4.62. The van der Waals surface area contributed by atoms with Crippen LogP contribution in [0.2, 0.25) is 0 Å². The molecular formula is C20H27NO3S. The van der Waals surface area contributed by atoms with E-state index in [1.807, 2.05) is 27.7 Å². The molecule has 0 unspecified atom stereocenters. The fourth-order valence-electron chi connectivity index (χ4n) is 3.01. The number of rotatable bonds is 6. The molecule has 1 atom stereocenters. The second-order valence-corrected chi connectivity index (χ2v) is 8.18. The van der Waals surface area contributed by atoms with Crippen molar-refractivity contribution < 1.29 is 13.2 Å². The number of nitrogens with one attached hydrogen (secondary N) is 1. The molecule has 0 bridgehead atoms. The molecule has 0 radical (unpaired) electrons. The highest BCUT2D eigenvalue weighted by Crippen LogP contribution is 2.26. The lowest BCUT2D eigenvalue weighted by atomic mass is 9.97. The monoisotopic (exact) mass is 361 g/mol. The van der Waals surface area contributed by atoms with Crippen LogP contribution >= 0.6 is 0 Å². The van der Waals surface area contributed by atoms with Crippen molar-refractivity contribution in [3.63, 3.8) is 0 Å². The summed E-state index contributed by atoms with van der Waals surface area (Å²) in [4.78, 5) is 0.262. The Morgan fingerprint density at radius 3 is 2.28 bits per heavy atom. The maximum atomic E-state index is 12.8. The van der Waals surface area contributed by atoms with Crippen LogP contribution in [0.15, 0.2) is 35.2 Å². The highest BCUT2D eigenvalue weighted by Gasteiger charge is 2.21. The first kappa shape index (κ1) is 19.5. The van der Waals surface area contributed by atoms with Gasteiger partial charge in [0, 0.05) is 6.04 Å². The summed E-state index contributed by atoms with van der Waals surface area (Å²) in [7, 11) is -2.02. The minimum Gasteiger partial charge on any atom is -0.496 e. The first-order valence-corrected chi connectivity index (χ1v) is 9.95. The van der Waals surface area contributed by atoms with Gasteiger partial charge in [-0.15, -0.1) is 0 Å². The van der Waals surface area contributed by atoms with Gasteiger partial charge in [0.05, 0.1) is 12.0 Å². The molecule has 4 nitrogen and oxygen atoms in total. The summed E-state index contributed by atoms with van der Waals surface area (Å²) in [5, 5.41) is 0. The van der Waals surface area contributed by atoms with E-state index in [4.69, 9.17) is 4.74 Å². The van der Waals surface area contributed by atoms with Crippen LogP contribution in [-0.4, -0.2) is 15.5 Å². The van der Waals surface area contributed by atoms with Gasteiger partial charge in [-0.1, -0.05) is 19.1 Å². The minimum atomic E-state index is -3.61. The fourth-order valence-corrected chi connectivity index (χ4v) is 4.29. The summed E-state index contributed by atoms with van der Waals surface area (Å²) in [6.45, 7) is 9.96. The van der Waals surface area contributed by atoms with Crippen LogP contribution in [-0.2, 0) is 16.4 Å². The molecule has 25 heavy (non-hydrogen) atoms. The molecule has 1 N–H and O–H groups in total. The van der Waals surface area contributed by atoms with Gasteiger partial charge in [0.2, 0.25) is 10.0 Å². The molecule has 0 spiro atoms. The molecule has 0 heterocycles. The normalized spacial score (nSPS) is 12.9. The van der Waals surface area contributed by atoms with Gasteiger partial charge in [-0.05, 0) is 80.1 Å². The molecule has 0 aliphatic carbocycles. The average Bonchev–Trinajstić information content (AvgIpc) is 2.56. The van der Waals surface area contributed by atoms with E-state index in [-0.39, 0.29) is 10.9 Å². The molecule has 2 aromatic carbocycles. The Balaban J connectivity index is 2.34. The van der Waals surface area contributed by atoms with Crippen molar-refractivity contribution in [2.24, 2.45) is 0 Å². The molecule has 0 aliphatic heterocycles. The molecule has 0 amide bonds. The summed E-state index contributed by atoms with van der Waals surface area (Å²) in [6.07, 6.45) is 0.707. The number of benzene rings is 2. The van der Waals surface area contributed by atoms with E-state index in [1.165, 1.54) is 5.56 Å². The van der Waals surface area contributed by atoms with Gasteiger partial charge in [-0.2, -0.15) is 0 Å². The lowest BCUT2D eigenvalue weighted by molar-refractivity contribution is 0.409. The molecule has 0 aromatic heterocycles. The van der Waals surface area contributed by atoms with Crippen molar-refractivity contribution in [3.8, 4) is 5.75 Å². The maximum absolute atomic E-state index is 12.8. The van der Waals surface area contributed by atoms with Crippen LogP contribution < -0.4 is 9.46 Å². The first-order valence-electron chi connectivity index (χ1n) is 8.46. The van der Waals surface area contributed by atoms with Crippen molar-refractivity contribution in [2.75, 3.05) is 7.11 Å². The van der Waals surface area contributed by atoms with E-state index < -0.39 is 10.0 Å². The molecule has 2 rings (SSSR count). The summed E-state index contributed by atoms with van der Waals surface area (Å²) < 4.78 is 33.7. The van der Waals surface area contributed by atoms with Crippen LogP contribution in [0.1, 0.15) is 47.7 Å². The third kappa shape index (κ3) is 4.22. The Morgan fingerprint density at radius 1 is 1.04 bits per heavy atom. The van der Waals surface area contributed by atoms with E-state index in [0.717, 1.165) is 22.3 Å². The van der Waals surface area contributed by atoms with Crippen molar-refractivity contribution in [1.82, 2.24) is 4.72 Å². The van der Waals surface area contributed by atoms with Gasteiger partial charge < -0.3 is 4.74 Å². The molecule has 0 aliphatic rings. The number of hydrogen-bond donors (Lipinski definition) is 1. The number of ether oxygens (including phenoxy) is 1. The first-order chi connectivity index (χ1) is 11.7. The quantitative estimate of drug-likeness (QED) is 0.838. The average molecular weight is 362 g/mol. The Kier molecular flexibility index (Phi) is 5.91. The number of methoxy groups -OCH3 is 1. The molecule has 5 heteroatoms. The Hall–Kier alpha value is -1.85. The zero-order chi connectivity index (χ0) is 18.8. The van der Waals surface area contributed by atoms with Gasteiger partial charge in [0.25, 0.3) is 0 Å². The van der Waals surface area contributed by atoms with E-state index >= 15 is 0 Å². The molecule has 2 aromatic rings. The van der Waals surface area contributed by atoms with Crippen molar-refractivity contribution in [2.45, 2.75) is 52.0 Å². The summed E-state index contributed by atoms with van der Waals surface area (Å²) in [5.74, 6) is 0.708. The van der Waals surface area contributed by atoms with Gasteiger partial charge in [-0.3, -0.25) is 0 Å². The Labute approximate surface area is 151 Å². The second-order valence-electron chi connectivity index (χ2n) is 6.46. The van der Waals surface area contributed by atoms with Crippen LogP contribution in [0, 0.1) is 20.8 Å². The largest absolute Gasteiger partial charge is 0.496 e. The summed E-state index contributed by atoms with van der Waals surface area (Å²) in [5.41, 5.74) is 5.32. The predicted octanol–water partition coefficient (Wildman–Crippen LogP) is 4.22. The van der Waals surface area contributed by atoms with Crippen molar-refractivity contribution >= 4 is 10.0 Å². The summed E-state index contributed by atoms with van der Waals surface area (Å²) in [6, 6.07) is 8.82. The highest BCUT2D eigenvalue weighted by molar-refractivity contribution is 7.89. The predicted molar refractivity (Wildman–Crippen MR) is 102 cm³/mol. The van der Waals surface area contributed by atoms with Crippen LogP contribution in [0.5, 0.6) is 5.75 Å². The maximum Gasteiger partial charge on any atom is 0.241 e. The Bertz CT molecular complexity index is 873. The van der Waals surface area contributed by atoms with Crippen molar-refractivity contribution in [3.05, 3.63) is 58.1 Å². The van der Waals surface area contributed by atoms with Gasteiger partial charge >= 0.3 is 0 Å². The standard InChI is InChI=1S/C20H27NO3S/c1-7-17-12-18(8-9-20(17)24-6)25(22,23)21-16(5)19-11-14(3)13(2)10-15(19)4/h8-12,16,21H,7H2,1-6H3/t16-/m0/s1. The van der Waals surface area contributed by atoms with Gasteiger partial charge in [-0.25, -0.2) is 13.1 Å². The molecular weight excluding hydrogens is 334 g/mol. The SMILES string of the molecule is CCc1cc(S(=O)(=O)N[C@@H](C)c2cc(C)c(C)cc2C)ccc1OC. The lowest BCUT2D eigenvalue weighted by Crippen LogP contribution is -2.27. The third-order valence-corrected chi connectivity index (χ3v) is 6.16. The molecule has 0 fully saturated rings. The molecule has 0 saturated heterocycles. The topological polar surface area (TPSA) is 55.4 Å². The van der Waals surface area contributed by atoms with E-state index in [0.29, 0.717) is 12.2 Å². The van der Waals surface area contributed by atoms with Crippen LogP contribution in [0.25, 0.3) is 0 Å². The number of aryl methyl sites for hydroxylation is 4. The minimum absolute atomic E-state index is 0.262. The highest BCUT2D eigenvalue weighted by atomic mass is 32.2. The van der Waals surface area contributed by atoms with Gasteiger partial charge in [0.1, 0.15) is 5.75 Å². The van der Waals surface area contributed by atoms with Crippen molar-refractivity contribution in [1.29, 1.82) is 0 Å². The zero-order valence-electron chi connectivity index (χ0n) is 15.8. The number of sulfonamides is 1. The number of hydrogen-bond acceptors (Lipinski definition) is 3. The van der Waals surface area contributed by atoms with E-state index in [2.05, 4.69) is 23.8 Å². The fraction of sp³-hybridized carbons (Fsp3) is 0.400. The Morgan fingerprint density at radius 2 is 1.68 bits per heavy atom. The van der Waals surface area contributed by atoms with Crippen LogP contribution in [0.4, 0.5) is 0 Å². The zero-order valence-corrected chi connectivity index (χ0v) is 16.6. The van der Waals surface area contributed by atoms with Crippen LogP contribution in [0.3, 0.4) is 0 Å². The van der Waals surface area contributed by atoms with E-state index in [1.54, 1.807) is 25.3 Å². The lowest BCUT2D eigenvalue weighted by Gasteiger charge is -2.19. The van der Waals surface area contributed by atoms with Gasteiger partial charge in [0.15, 0.2) is 0 Å².